The van der Waals surface area contributed by atoms with Crippen molar-refractivity contribution in [3.8, 4) is 5.75 Å². The van der Waals surface area contributed by atoms with Crippen LogP contribution < -0.4 is 4.74 Å². The third kappa shape index (κ3) is 2.66. The van der Waals surface area contributed by atoms with Crippen molar-refractivity contribution in [1.82, 2.24) is 0 Å². The summed E-state index contributed by atoms with van der Waals surface area (Å²) in [6.45, 7) is 2.19. The Morgan fingerprint density at radius 1 is 1.25 bits per heavy atom. The number of nitro groups is 2. The highest BCUT2D eigenvalue weighted by atomic mass is 16.6. The Labute approximate surface area is 90.9 Å². The first kappa shape index (κ1) is 11.9. The molecule has 0 heterocycles. The number of nitro benzene ring substituents is 2. The van der Waals surface area contributed by atoms with Crippen LogP contribution in [-0.4, -0.2) is 16.5 Å². The molecule has 0 N–H and O–H groups in total. The lowest BCUT2D eigenvalue weighted by Gasteiger charge is -2.04. The van der Waals surface area contributed by atoms with Gasteiger partial charge in [-0.1, -0.05) is 6.92 Å². The fourth-order valence-corrected chi connectivity index (χ4v) is 1.10. The van der Waals surface area contributed by atoms with Gasteiger partial charge in [0.15, 0.2) is 5.75 Å². The normalized spacial score (nSPS) is 9.81. The lowest BCUT2D eigenvalue weighted by molar-refractivity contribution is -0.394. The van der Waals surface area contributed by atoms with Crippen molar-refractivity contribution >= 4 is 11.4 Å². The molecule has 0 spiro atoms. The third-order valence-electron chi connectivity index (χ3n) is 1.81. The maximum absolute atomic E-state index is 10.7. The zero-order valence-corrected chi connectivity index (χ0v) is 8.58. The first-order valence-corrected chi connectivity index (χ1v) is 4.62. The fraction of sp³-hybridized carbons (Fsp3) is 0.333. The van der Waals surface area contributed by atoms with E-state index in [1.807, 2.05) is 6.92 Å². The molecule has 0 aromatic heterocycles. The molecule has 7 heteroatoms. The van der Waals surface area contributed by atoms with Gasteiger partial charge < -0.3 is 4.74 Å². The van der Waals surface area contributed by atoms with Crippen LogP contribution in [0.25, 0.3) is 0 Å². The van der Waals surface area contributed by atoms with Gasteiger partial charge in [-0.25, -0.2) is 0 Å². The summed E-state index contributed by atoms with van der Waals surface area (Å²) in [6, 6.07) is 3.31. The van der Waals surface area contributed by atoms with Crippen molar-refractivity contribution in [2.24, 2.45) is 0 Å². The van der Waals surface area contributed by atoms with E-state index in [1.54, 1.807) is 0 Å². The lowest BCUT2D eigenvalue weighted by Crippen LogP contribution is -2.00. The maximum Gasteiger partial charge on any atom is 0.317 e. The zero-order chi connectivity index (χ0) is 12.1. The molecule has 0 aliphatic rings. The van der Waals surface area contributed by atoms with Crippen molar-refractivity contribution < 1.29 is 14.6 Å². The average Bonchev–Trinajstić information content (AvgIpc) is 2.25. The summed E-state index contributed by atoms with van der Waals surface area (Å²) in [7, 11) is 0. The first-order valence-electron chi connectivity index (χ1n) is 4.62. The molecule has 1 rings (SSSR count). The maximum atomic E-state index is 10.7. The predicted octanol–water partition coefficient (Wildman–Crippen LogP) is 2.29. The topological polar surface area (TPSA) is 95.5 Å². The molecule has 1 aromatic carbocycles. The van der Waals surface area contributed by atoms with E-state index < -0.39 is 9.85 Å². The summed E-state index contributed by atoms with van der Waals surface area (Å²) in [5, 5.41) is 21.1. The Bertz CT molecular complexity index is 418. The van der Waals surface area contributed by atoms with Crippen LogP contribution in [0.3, 0.4) is 0 Å². The van der Waals surface area contributed by atoms with Gasteiger partial charge in [0.05, 0.1) is 22.5 Å². The van der Waals surface area contributed by atoms with Crippen LogP contribution in [0.5, 0.6) is 5.75 Å². The summed E-state index contributed by atoms with van der Waals surface area (Å²) in [6.07, 6.45) is 0.703. The first-order chi connectivity index (χ1) is 7.56. The highest BCUT2D eigenvalue weighted by Gasteiger charge is 2.20. The summed E-state index contributed by atoms with van der Waals surface area (Å²) >= 11 is 0. The number of hydrogen-bond acceptors (Lipinski definition) is 5. The van der Waals surface area contributed by atoms with Gasteiger partial charge in [-0.05, 0) is 12.5 Å². The van der Waals surface area contributed by atoms with Gasteiger partial charge >= 0.3 is 5.69 Å². The van der Waals surface area contributed by atoms with E-state index in [9.17, 15) is 20.2 Å². The minimum Gasteiger partial charge on any atom is -0.487 e. The van der Waals surface area contributed by atoms with Crippen molar-refractivity contribution in [2.75, 3.05) is 6.61 Å². The summed E-state index contributed by atoms with van der Waals surface area (Å²) in [5.74, 6) is 0.0532. The Hall–Kier alpha value is -2.18. The number of benzene rings is 1. The highest BCUT2D eigenvalue weighted by Crippen LogP contribution is 2.30. The molecule has 16 heavy (non-hydrogen) atoms. The Morgan fingerprint density at radius 2 is 1.94 bits per heavy atom. The number of ether oxygens (including phenoxy) is 1. The van der Waals surface area contributed by atoms with E-state index in [0.29, 0.717) is 13.0 Å². The van der Waals surface area contributed by atoms with Crippen molar-refractivity contribution in [1.29, 1.82) is 0 Å². The molecule has 0 amide bonds. The van der Waals surface area contributed by atoms with Crippen LogP contribution in [0.4, 0.5) is 11.4 Å². The molecule has 86 valence electrons. The number of nitrogens with zero attached hydrogens (tertiary/aromatic N) is 2. The average molecular weight is 226 g/mol. The van der Waals surface area contributed by atoms with Crippen molar-refractivity contribution in [2.45, 2.75) is 13.3 Å². The number of non-ortho nitro benzene ring substituents is 1. The second kappa shape index (κ2) is 5.06. The van der Waals surface area contributed by atoms with Gasteiger partial charge in [-0.3, -0.25) is 20.2 Å². The van der Waals surface area contributed by atoms with E-state index in [1.165, 1.54) is 12.1 Å². The molecule has 0 saturated heterocycles. The molecule has 0 unspecified atom stereocenters. The minimum atomic E-state index is -0.696. The van der Waals surface area contributed by atoms with Gasteiger partial charge in [-0.15, -0.1) is 0 Å². The quantitative estimate of drug-likeness (QED) is 0.566. The Morgan fingerprint density at radius 3 is 2.44 bits per heavy atom. The van der Waals surface area contributed by atoms with Crippen LogP contribution in [0, 0.1) is 20.2 Å². The van der Waals surface area contributed by atoms with Gasteiger partial charge in [0.25, 0.3) is 5.69 Å². The molecule has 1 aromatic rings. The van der Waals surface area contributed by atoms with Crippen LogP contribution in [0.15, 0.2) is 18.2 Å². The predicted molar refractivity (Wildman–Crippen MR) is 55.5 cm³/mol. The summed E-state index contributed by atoms with van der Waals surface area (Å²) < 4.78 is 5.12. The van der Waals surface area contributed by atoms with Crippen LogP contribution in [0.1, 0.15) is 13.3 Å². The molecular weight excluding hydrogens is 216 g/mol. The van der Waals surface area contributed by atoms with Gasteiger partial charge in [-0.2, -0.15) is 0 Å². The summed E-state index contributed by atoms with van der Waals surface area (Å²) in [4.78, 5) is 19.7. The van der Waals surface area contributed by atoms with Crippen LogP contribution >= 0.6 is 0 Å². The van der Waals surface area contributed by atoms with Crippen molar-refractivity contribution in [3.05, 3.63) is 38.4 Å². The van der Waals surface area contributed by atoms with Gasteiger partial charge in [0.1, 0.15) is 0 Å². The second-order valence-corrected chi connectivity index (χ2v) is 3.01. The van der Waals surface area contributed by atoms with E-state index in [4.69, 9.17) is 4.74 Å². The number of hydrogen-bond donors (Lipinski definition) is 0. The smallest absolute Gasteiger partial charge is 0.317 e. The Kier molecular flexibility index (Phi) is 3.76. The van der Waals surface area contributed by atoms with Gasteiger partial charge in [0, 0.05) is 6.07 Å². The molecule has 0 aliphatic heterocycles. The SMILES string of the molecule is CCCOc1ccc([N+](=O)[O-])cc1[N+](=O)[O-]. The standard InChI is InChI=1S/C9H10N2O5/c1-2-5-16-9-4-3-7(10(12)13)6-8(9)11(14)15/h3-4,6H,2,5H2,1H3. The van der Waals surface area contributed by atoms with E-state index in [0.717, 1.165) is 6.07 Å². The third-order valence-corrected chi connectivity index (χ3v) is 1.81. The second-order valence-electron chi connectivity index (χ2n) is 3.01. The fourth-order valence-electron chi connectivity index (χ4n) is 1.10. The highest BCUT2D eigenvalue weighted by molar-refractivity contribution is 5.53. The Balaban J connectivity index is 3.09. The van der Waals surface area contributed by atoms with Crippen LogP contribution in [-0.2, 0) is 0 Å². The molecule has 0 fully saturated rings. The molecule has 0 saturated carbocycles. The lowest BCUT2D eigenvalue weighted by atomic mass is 10.2. The molecule has 0 aliphatic carbocycles. The van der Waals surface area contributed by atoms with E-state index >= 15 is 0 Å². The molecule has 0 atom stereocenters. The molecular formula is C9H10N2O5. The van der Waals surface area contributed by atoms with E-state index in [-0.39, 0.29) is 17.1 Å². The molecule has 7 nitrogen and oxygen atoms in total. The summed E-state index contributed by atoms with van der Waals surface area (Å²) in [5.41, 5.74) is -0.710. The largest absolute Gasteiger partial charge is 0.487 e. The molecule has 0 radical (unpaired) electrons. The number of rotatable bonds is 5. The van der Waals surface area contributed by atoms with Gasteiger partial charge in [0.2, 0.25) is 0 Å². The molecule has 0 bridgehead atoms. The van der Waals surface area contributed by atoms with Crippen LogP contribution in [0.2, 0.25) is 0 Å². The van der Waals surface area contributed by atoms with Crippen molar-refractivity contribution in [3.63, 3.8) is 0 Å². The van der Waals surface area contributed by atoms with E-state index in [2.05, 4.69) is 0 Å². The monoisotopic (exact) mass is 226 g/mol. The minimum absolute atomic E-state index is 0.0532. The zero-order valence-electron chi connectivity index (χ0n) is 8.58.